The monoisotopic (exact) mass is 368 g/mol. The van der Waals surface area contributed by atoms with Crippen LogP contribution in [0.15, 0.2) is 84.9 Å². The first-order valence-corrected chi connectivity index (χ1v) is 8.74. The highest BCUT2D eigenvalue weighted by Gasteiger charge is 2.22. The summed E-state index contributed by atoms with van der Waals surface area (Å²) in [5.74, 6) is -2.18. The molecule has 0 aliphatic heterocycles. The molecule has 0 aliphatic rings. The molecule has 0 aliphatic carbocycles. The number of fused-ring (bicyclic) bond motifs is 1. The molecule has 0 radical (unpaired) electrons. The Balaban J connectivity index is 2.18. The Morgan fingerprint density at radius 1 is 0.643 bits per heavy atom. The maximum atomic E-state index is 12.3. The Morgan fingerprint density at radius 2 is 1.25 bits per heavy atom. The van der Waals surface area contributed by atoms with Gasteiger partial charge in [-0.2, -0.15) is 0 Å². The van der Waals surface area contributed by atoms with Gasteiger partial charge in [0.25, 0.3) is 0 Å². The van der Waals surface area contributed by atoms with Crippen LogP contribution in [0.25, 0.3) is 33.0 Å². The predicted octanol–water partition coefficient (Wildman–Crippen LogP) is 5.57. The van der Waals surface area contributed by atoms with E-state index in [1.165, 1.54) is 12.1 Å². The maximum absolute atomic E-state index is 12.3. The molecule has 0 aromatic heterocycles. The second-order valence-electron chi connectivity index (χ2n) is 6.45. The van der Waals surface area contributed by atoms with Crippen molar-refractivity contribution in [2.75, 3.05) is 0 Å². The van der Waals surface area contributed by atoms with E-state index in [-0.39, 0.29) is 11.1 Å². The van der Waals surface area contributed by atoms with Gasteiger partial charge in [0.05, 0.1) is 11.1 Å². The first-order chi connectivity index (χ1) is 13.6. The molecule has 0 fully saturated rings. The van der Waals surface area contributed by atoms with E-state index >= 15 is 0 Å². The van der Waals surface area contributed by atoms with Crippen molar-refractivity contribution in [1.29, 1.82) is 0 Å². The molecule has 4 nitrogen and oxygen atoms in total. The van der Waals surface area contributed by atoms with Crippen molar-refractivity contribution in [2.45, 2.75) is 0 Å². The first kappa shape index (κ1) is 17.5. The van der Waals surface area contributed by atoms with Crippen LogP contribution in [0.2, 0.25) is 0 Å². The summed E-state index contributed by atoms with van der Waals surface area (Å²) in [5.41, 5.74) is 3.19. The van der Waals surface area contributed by atoms with Crippen molar-refractivity contribution in [3.63, 3.8) is 0 Å². The van der Waals surface area contributed by atoms with Gasteiger partial charge in [-0.3, -0.25) is 0 Å². The topological polar surface area (TPSA) is 74.6 Å². The van der Waals surface area contributed by atoms with Crippen molar-refractivity contribution in [2.24, 2.45) is 0 Å². The zero-order chi connectivity index (χ0) is 19.7. The minimum absolute atomic E-state index is 0.0569. The third-order valence-electron chi connectivity index (χ3n) is 4.75. The van der Waals surface area contributed by atoms with Gasteiger partial charge in [0.2, 0.25) is 0 Å². The molecule has 0 spiro atoms. The first-order valence-electron chi connectivity index (χ1n) is 8.74. The Labute approximate surface area is 161 Å². The van der Waals surface area contributed by atoms with Gasteiger partial charge in [0.1, 0.15) is 0 Å². The molecule has 0 atom stereocenters. The standard InChI is InChI=1S/C24H16O4/c25-23(26)18-12-11-17-13-19(15-7-3-1-4-8-15)21(16-9-5-2-6-10-16)22(24(27)28)20(17)14-18/h1-14H,(H,25,26)(H,27,28). The van der Waals surface area contributed by atoms with Gasteiger partial charge in [-0.05, 0) is 45.7 Å². The molecule has 0 saturated carbocycles. The minimum Gasteiger partial charge on any atom is -0.478 e. The summed E-state index contributed by atoms with van der Waals surface area (Å²) in [6.07, 6.45) is 0. The zero-order valence-electron chi connectivity index (χ0n) is 14.8. The normalized spacial score (nSPS) is 10.7. The number of carboxylic acids is 2. The highest BCUT2D eigenvalue weighted by molar-refractivity contribution is 6.14. The van der Waals surface area contributed by atoms with E-state index < -0.39 is 11.9 Å². The van der Waals surface area contributed by atoms with Gasteiger partial charge in [-0.1, -0.05) is 66.7 Å². The Bertz CT molecular complexity index is 1200. The number of rotatable bonds is 4. The summed E-state index contributed by atoms with van der Waals surface area (Å²) in [7, 11) is 0. The SMILES string of the molecule is O=C(O)c1ccc2cc(-c3ccccc3)c(-c3ccccc3)c(C(=O)O)c2c1. The van der Waals surface area contributed by atoms with Crippen LogP contribution in [0.3, 0.4) is 0 Å². The van der Waals surface area contributed by atoms with E-state index in [9.17, 15) is 19.8 Å². The summed E-state index contributed by atoms with van der Waals surface area (Å²) in [5, 5.41) is 20.5. The Kier molecular flexibility index (Phi) is 4.38. The zero-order valence-corrected chi connectivity index (χ0v) is 14.8. The molecule has 2 N–H and O–H groups in total. The smallest absolute Gasteiger partial charge is 0.336 e. The van der Waals surface area contributed by atoms with E-state index in [0.29, 0.717) is 16.3 Å². The van der Waals surface area contributed by atoms with Crippen LogP contribution in [0, 0.1) is 0 Å². The predicted molar refractivity (Wildman–Crippen MR) is 109 cm³/mol. The molecule has 0 saturated heterocycles. The van der Waals surface area contributed by atoms with E-state index in [4.69, 9.17) is 0 Å². The fourth-order valence-corrected chi connectivity index (χ4v) is 3.50. The summed E-state index contributed by atoms with van der Waals surface area (Å²) in [4.78, 5) is 23.7. The highest BCUT2D eigenvalue weighted by atomic mass is 16.4. The third-order valence-corrected chi connectivity index (χ3v) is 4.75. The van der Waals surface area contributed by atoms with Gasteiger partial charge in [0, 0.05) is 5.56 Å². The van der Waals surface area contributed by atoms with Crippen molar-refractivity contribution in [1.82, 2.24) is 0 Å². The fourth-order valence-electron chi connectivity index (χ4n) is 3.50. The average molecular weight is 368 g/mol. The summed E-state index contributed by atoms with van der Waals surface area (Å²) < 4.78 is 0. The number of aromatic carboxylic acids is 2. The van der Waals surface area contributed by atoms with Gasteiger partial charge in [-0.15, -0.1) is 0 Å². The van der Waals surface area contributed by atoms with Crippen LogP contribution in [0.5, 0.6) is 0 Å². The average Bonchev–Trinajstić information content (AvgIpc) is 2.73. The van der Waals surface area contributed by atoms with E-state index in [1.54, 1.807) is 6.07 Å². The lowest BCUT2D eigenvalue weighted by Crippen LogP contribution is -2.05. The van der Waals surface area contributed by atoms with Crippen molar-refractivity contribution in [3.05, 3.63) is 96.1 Å². The summed E-state index contributed by atoms with van der Waals surface area (Å²) in [6, 6.07) is 25.4. The van der Waals surface area contributed by atoms with Gasteiger partial charge in [-0.25, -0.2) is 9.59 Å². The lowest BCUT2D eigenvalue weighted by molar-refractivity contribution is 0.0685. The Hall–Kier alpha value is -3.92. The number of carboxylic acid groups (broad SMARTS) is 2. The van der Waals surface area contributed by atoms with Crippen LogP contribution in [0.4, 0.5) is 0 Å². The summed E-state index contributed by atoms with van der Waals surface area (Å²) in [6.45, 7) is 0. The second-order valence-corrected chi connectivity index (χ2v) is 6.45. The van der Waals surface area contributed by atoms with Gasteiger partial charge < -0.3 is 10.2 Å². The molecular formula is C24H16O4. The van der Waals surface area contributed by atoms with Crippen LogP contribution < -0.4 is 0 Å². The maximum Gasteiger partial charge on any atom is 0.336 e. The molecule has 4 heteroatoms. The summed E-state index contributed by atoms with van der Waals surface area (Å²) >= 11 is 0. The van der Waals surface area contributed by atoms with Crippen molar-refractivity contribution in [3.8, 4) is 22.3 Å². The number of hydrogen-bond acceptors (Lipinski definition) is 2. The number of hydrogen-bond donors (Lipinski definition) is 2. The minimum atomic E-state index is -1.09. The molecule has 0 amide bonds. The van der Waals surface area contributed by atoms with E-state index in [2.05, 4.69) is 0 Å². The van der Waals surface area contributed by atoms with Crippen molar-refractivity contribution < 1.29 is 19.8 Å². The highest BCUT2D eigenvalue weighted by Crippen LogP contribution is 2.40. The molecule has 4 rings (SSSR count). The molecule has 4 aromatic rings. The van der Waals surface area contributed by atoms with E-state index in [0.717, 1.165) is 16.7 Å². The van der Waals surface area contributed by atoms with Gasteiger partial charge >= 0.3 is 11.9 Å². The lowest BCUT2D eigenvalue weighted by atomic mass is 9.86. The second kappa shape index (κ2) is 7.00. The van der Waals surface area contributed by atoms with Crippen molar-refractivity contribution >= 4 is 22.7 Å². The quantitative estimate of drug-likeness (QED) is 0.494. The molecule has 136 valence electrons. The molecule has 4 aromatic carbocycles. The number of benzene rings is 4. The van der Waals surface area contributed by atoms with Crippen LogP contribution in [-0.4, -0.2) is 22.2 Å². The van der Waals surface area contributed by atoms with Gasteiger partial charge in [0.15, 0.2) is 0 Å². The van der Waals surface area contributed by atoms with Crippen LogP contribution in [0.1, 0.15) is 20.7 Å². The third kappa shape index (κ3) is 3.01. The largest absolute Gasteiger partial charge is 0.478 e. The van der Waals surface area contributed by atoms with Crippen LogP contribution in [-0.2, 0) is 0 Å². The van der Waals surface area contributed by atoms with Crippen LogP contribution >= 0.6 is 0 Å². The number of carbonyl (C=O) groups is 2. The molecule has 0 bridgehead atoms. The molecule has 0 unspecified atom stereocenters. The van der Waals surface area contributed by atoms with E-state index in [1.807, 2.05) is 66.7 Å². The Morgan fingerprint density at radius 3 is 1.82 bits per heavy atom. The fraction of sp³-hybridized carbons (Fsp3) is 0. The molecule has 28 heavy (non-hydrogen) atoms. The molecular weight excluding hydrogens is 352 g/mol. The molecule has 0 heterocycles. The lowest BCUT2D eigenvalue weighted by Gasteiger charge is -2.17.